The van der Waals surface area contributed by atoms with Crippen LogP contribution in [-0.4, -0.2) is 18.0 Å². The fourth-order valence-corrected chi connectivity index (χ4v) is 2.04. The summed E-state index contributed by atoms with van der Waals surface area (Å²) in [5.74, 6) is 5.98. The van der Waals surface area contributed by atoms with Gasteiger partial charge in [-0.3, -0.25) is 4.90 Å². The smallest absolute Gasteiger partial charge is 0.0245 e. The Hall–Kier alpha value is -1.26. The lowest BCUT2D eigenvalue weighted by molar-refractivity contribution is 0.331. The Bertz CT molecular complexity index is 361. The molecule has 0 N–H and O–H groups in total. The van der Waals surface area contributed by atoms with Gasteiger partial charge in [-0.05, 0) is 50.6 Å². The van der Waals surface area contributed by atoms with Crippen molar-refractivity contribution in [1.29, 1.82) is 0 Å². The molecule has 1 aromatic carbocycles. The molecule has 0 bridgehead atoms. The van der Waals surface area contributed by atoms with Crippen molar-refractivity contribution < 1.29 is 0 Å². The summed E-state index contributed by atoms with van der Waals surface area (Å²) in [7, 11) is 0. The standard InChI is InChI=1S/C14H17N/c1-2-5-13-6-8-14(9-7-13)12-15-10-3-4-11-15/h6-9H,3-4,10-12H2,1H3. The first-order valence-corrected chi connectivity index (χ1v) is 5.62. The molecule has 0 atom stereocenters. The predicted molar refractivity (Wildman–Crippen MR) is 63.5 cm³/mol. The molecule has 0 amide bonds. The fraction of sp³-hybridized carbons (Fsp3) is 0.429. The maximum absolute atomic E-state index is 3.06. The Kier molecular flexibility index (Phi) is 3.42. The van der Waals surface area contributed by atoms with E-state index in [1.165, 1.54) is 31.5 Å². The lowest BCUT2D eigenvalue weighted by Gasteiger charge is -2.14. The van der Waals surface area contributed by atoms with E-state index in [4.69, 9.17) is 0 Å². The zero-order valence-electron chi connectivity index (χ0n) is 9.29. The van der Waals surface area contributed by atoms with Crippen LogP contribution in [0, 0.1) is 11.8 Å². The van der Waals surface area contributed by atoms with Crippen molar-refractivity contribution in [2.24, 2.45) is 0 Å². The number of nitrogens with zero attached hydrogens (tertiary/aromatic N) is 1. The largest absolute Gasteiger partial charge is 0.299 e. The molecule has 15 heavy (non-hydrogen) atoms. The fourth-order valence-electron chi connectivity index (χ4n) is 2.04. The van der Waals surface area contributed by atoms with Crippen LogP contribution in [0.1, 0.15) is 30.9 Å². The Labute approximate surface area is 92.1 Å². The van der Waals surface area contributed by atoms with Gasteiger partial charge in [0.05, 0.1) is 0 Å². The highest BCUT2D eigenvalue weighted by Crippen LogP contribution is 2.12. The third-order valence-corrected chi connectivity index (χ3v) is 2.83. The Morgan fingerprint density at radius 1 is 1.13 bits per heavy atom. The van der Waals surface area contributed by atoms with E-state index in [9.17, 15) is 0 Å². The van der Waals surface area contributed by atoms with E-state index >= 15 is 0 Å². The minimum atomic E-state index is 1.10. The first-order valence-electron chi connectivity index (χ1n) is 5.62. The highest BCUT2D eigenvalue weighted by Gasteiger charge is 2.11. The van der Waals surface area contributed by atoms with Crippen LogP contribution in [0.5, 0.6) is 0 Å². The Morgan fingerprint density at radius 2 is 1.80 bits per heavy atom. The molecule has 2 rings (SSSR count). The van der Waals surface area contributed by atoms with Crippen molar-refractivity contribution >= 4 is 0 Å². The molecule has 78 valence electrons. The van der Waals surface area contributed by atoms with Crippen LogP contribution in [0.3, 0.4) is 0 Å². The van der Waals surface area contributed by atoms with Crippen molar-refractivity contribution in [3.63, 3.8) is 0 Å². The summed E-state index contributed by atoms with van der Waals surface area (Å²) in [6.45, 7) is 5.49. The number of rotatable bonds is 2. The van der Waals surface area contributed by atoms with E-state index in [1.807, 2.05) is 6.92 Å². The molecule has 1 nitrogen and oxygen atoms in total. The lowest BCUT2D eigenvalue weighted by Crippen LogP contribution is -2.18. The monoisotopic (exact) mass is 199 g/mol. The SMILES string of the molecule is CC#Cc1ccc(CN2CCCC2)cc1. The van der Waals surface area contributed by atoms with E-state index in [-0.39, 0.29) is 0 Å². The minimum Gasteiger partial charge on any atom is -0.299 e. The molecule has 1 heteroatoms. The van der Waals surface area contributed by atoms with Gasteiger partial charge in [0.25, 0.3) is 0 Å². The molecule has 1 aliphatic heterocycles. The van der Waals surface area contributed by atoms with Gasteiger partial charge in [-0.25, -0.2) is 0 Å². The van der Waals surface area contributed by atoms with E-state index in [1.54, 1.807) is 0 Å². The average Bonchev–Trinajstić information content (AvgIpc) is 2.74. The second kappa shape index (κ2) is 5.00. The summed E-state index contributed by atoms with van der Waals surface area (Å²) >= 11 is 0. The van der Waals surface area contributed by atoms with E-state index < -0.39 is 0 Å². The highest BCUT2D eigenvalue weighted by atomic mass is 15.1. The summed E-state index contributed by atoms with van der Waals surface area (Å²) in [4.78, 5) is 2.51. The van der Waals surface area contributed by atoms with Gasteiger partial charge in [-0.2, -0.15) is 0 Å². The molecule has 1 heterocycles. The third-order valence-electron chi connectivity index (χ3n) is 2.83. The van der Waals surface area contributed by atoms with Gasteiger partial charge in [-0.1, -0.05) is 18.1 Å². The van der Waals surface area contributed by atoms with Crippen molar-refractivity contribution in [3.8, 4) is 11.8 Å². The number of likely N-dealkylation sites (tertiary alicyclic amines) is 1. The molecule has 0 aliphatic carbocycles. The van der Waals surface area contributed by atoms with E-state index in [0.29, 0.717) is 0 Å². The van der Waals surface area contributed by atoms with Crippen LogP contribution in [0.25, 0.3) is 0 Å². The number of benzene rings is 1. The molecule has 0 saturated carbocycles. The Morgan fingerprint density at radius 3 is 2.40 bits per heavy atom. The van der Waals surface area contributed by atoms with Gasteiger partial charge in [0.1, 0.15) is 0 Å². The molecule has 1 fully saturated rings. The van der Waals surface area contributed by atoms with E-state index in [2.05, 4.69) is 41.0 Å². The quantitative estimate of drug-likeness (QED) is 0.662. The van der Waals surface area contributed by atoms with Crippen LogP contribution in [0.4, 0.5) is 0 Å². The van der Waals surface area contributed by atoms with Crippen molar-refractivity contribution in [2.75, 3.05) is 13.1 Å². The number of hydrogen-bond donors (Lipinski definition) is 0. The zero-order chi connectivity index (χ0) is 10.5. The second-order valence-electron chi connectivity index (χ2n) is 4.06. The van der Waals surface area contributed by atoms with Gasteiger partial charge >= 0.3 is 0 Å². The minimum absolute atomic E-state index is 1.10. The summed E-state index contributed by atoms with van der Waals surface area (Å²) in [5, 5.41) is 0. The molecule has 1 saturated heterocycles. The van der Waals surface area contributed by atoms with E-state index in [0.717, 1.165) is 12.1 Å². The topological polar surface area (TPSA) is 3.24 Å². The molecule has 1 aliphatic rings. The molecule has 0 aromatic heterocycles. The van der Waals surface area contributed by atoms with Crippen molar-refractivity contribution in [1.82, 2.24) is 4.90 Å². The normalized spacial score (nSPS) is 16.1. The Balaban J connectivity index is 1.99. The maximum atomic E-state index is 3.06. The van der Waals surface area contributed by atoms with Gasteiger partial charge in [-0.15, -0.1) is 5.92 Å². The first-order chi connectivity index (χ1) is 7.38. The van der Waals surface area contributed by atoms with Gasteiger partial charge in [0, 0.05) is 12.1 Å². The van der Waals surface area contributed by atoms with Crippen LogP contribution in [-0.2, 0) is 6.54 Å². The van der Waals surface area contributed by atoms with Crippen molar-refractivity contribution in [3.05, 3.63) is 35.4 Å². The first kappa shape index (κ1) is 10.3. The van der Waals surface area contributed by atoms with Crippen LogP contribution in [0.2, 0.25) is 0 Å². The molecular weight excluding hydrogens is 182 g/mol. The lowest BCUT2D eigenvalue weighted by atomic mass is 10.1. The summed E-state index contributed by atoms with van der Waals surface area (Å²) in [6, 6.07) is 8.61. The molecular formula is C14H17N. The van der Waals surface area contributed by atoms with Gasteiger partial charge in [0.2, 0.25) is 0 Å². The predicted octanol–water partition coefficient (Wildman–Crippen LogP) is 2.65. The highest BCUT2D eigenvalue weighted by molar-refractivity contribution is 5.35. The molecule has 0 radical (unpaired) electrons. The third kappa shape index (κ3) is 2.84. The van der Waals surface area contributed by atoms with Gasteiger partial charge < -0.3 is 0 Å². The number of hydrogen-bond acceptors (Lipinski definition) is 1. The summed E-state index contributed by atoms with van der Waals surface area (Å²) in [6.07, 6.45) is 2.72. The second-order valence-corrected chi connectivity index (χ2v) is 4.06. The zero-order valence-corrected chi connectivity index (χ0v) is 9.29. The van der Waals surface area contributed by atoms with Crippen LogP contribution < -0.4 is 0 Å². The molecule has 0 spiro atoms. The van der Waals surface area contributed by atoms with Crippen molar-refractivity contribution in [2.45, 2.75) is 26.3 Å². The molecule has 1 aromatic rings. The molecule has 0 unspecified atom stereocenters. The van der Waals surface area contributed by atoms with Gasteiger partial charge in [0.15, 0.2) is 0 Å². The summed E-state index contributed by atoms with van der Waals surface area (Å²) < 4.78 is 0. The van der Waals surface area contributed by atoms with Crippen LogP contribution in [0.15, 0.2) is 24.3 Å². The summed E-state index contributed by atoms with van der Waals surface area (Å²) in [5.41, 5.74) is 2.52. The maximum Gasteiger partial charge on any atom is 0.0245 e. The average molecular weight is 199 g/mol. The van der Waals surface area contributed by atoms with Crippen LogP contribution >= 0.6 is 0 Å².